The summed E-state index contributed by atoms with van der Waals surface area (Å²) in [6.45, 7) is -1.41. The van der Waals surface area contributed by atoms with Gasteiger partial charge in [0.15, 0.2) is 0 Å². The van der Waals surface area contributed by atoms with Crippen LogP contribution in [0.2, 0.25) is 0 Å². The molecule has 1 aromatic carbocycles. The monoisotopic (exact) mass is 271 g/mol. The molecule has 1 aliphatic rings. The lowest BCUT2D eigenvalue weighted by Gasteiger charge is -2.27. The number of hydrogen-bond acceptors (Lipinski definition) is 3. The summed E-state index contributed by atoms with van der Waals surface area (Å²) in [5, 5.41) is 12.4. The zero-order chi connectivity index (χ0) is 14.0. The number of hydrogen-bond donors (Lipinski definition) is 2. The van der Waals surface area contributed by atoms with Crippen LogP contribution in [-0.4, -0.2) is 23.7 Å². The predicted molar refractivity (Wildman–Crippen MR) is 64.2 cm³/mol. The third-order valence-corrected chi connectivity index (χ3v) is 3.13. The van der Waals surface area contributed by atoms with E-state index in [0.29, 0.717) is 5.56 Å². The SMILES string of the molecule is CC(NC1CC1)(C(=O)O)c1cccc(OC(F)F)c1. The van der Waals surface area contributed by atoms with Gasteiger partial charge in [0.05, 0.1) is 0 Å². The fraction of sp³-hybridized carbons (Fsp3) is 0.462. The quantitative estimate of drug-likeness (QED) is 0.833. The highest BCUT2D eigenvalue weighted by Crippen LogP contribution is 2.30. The van der Waals surface area contributed by atoms with Crippen LogP contribution in [0.25, 0.3) is 0 Å². The Morgan fingerprint density at radius 3 is 2.74 bits per heavy atom. The maximum Gasteiger partial charge on any atom is 0.387 e. The van der Waals surface area contributed by atoms with Crippen LogP contribution in [0.5, 0.6) is 5.75 Å². The van der Waals surface area contributed by atoms with Crippen LogP contribution >= 0.6 is 0 Å². The second kappa shape index (κ2) is 5.13. The first kappa shape index (κ1) is 13.7. The smallest absolute Gasteiger partial charge is 0.387 e. The lowest BCUT2D eigenvalue weighted by atomic mass is 9.91. The second-order valence-corrected chi connectivity index (χ2v) is 4.76. The number of carbonyl (C=O) groups is 1. The molecule has 2 N–H and O–H groups in total. The van der Waals surface area contributed by atoms with E-state index in [1.165, 1.54) is 25.1 Å². The first-order chi connectivity index (χ1) is 8.91. The van der Waals surface area contributed by atoms with Crippen molar-refractivity contribution in [1.29, 1.82) is 0 Å². The molecule has 0 bridgehead atoms. The maximum atomic E-state index is 12.2. The van der Waals surface area contributed by atoms with E-state index in [4.69, 9.17) is 0 Å². The molecule has 104 valence electrons. The molecule has 1 fully saturated rings. The Balaban J connectivity index is 2.27. The van der Waals surface area contributed by atoms with Gasteiger partial charge in [-0.05, 0) is 37.5 Å². The molecular weight excluding hydrogens is 256 g/mol. The molecule has 1 atom stereocenters. The zero-order valence-corrected chi connectivity index (χ0v) is 10.4. The van der Waals surface area contributed by atoms with Gasteiger partial charge in [-0.3, -0.25) is 5.32 Å². The van der Waals surface area contributed by atoms with Gasteiger partial charge in [-0.15, -0.1) is 0 Å². The van der Waals surface area contributed by atoms with E-state index < -0.39 is 18.1 Å². The van der Waals surface area contributed by atoms with Gasteiger partial charge < -0.3 is 9.84 Å². The Morgan fingerprint density at radius 2 is 2.21 bits per heavy atom. The van der Waals surface area contributed by atoms with Crippen molar-refractivity contribution >= 4 is 5.97 Å². The number of rotatable bonds is 6. The lowest BCUT2D eigenvalue weighted by molar-refractivity contribution is -0.144. The lowest BCUT2D eigenvalue weighted by Crippen LogP contribution is -2.47. The number of carboxylic acids is 1. The van der Waals surface area contributed by atoms with Crippen molar-refractivity contribution in [3.8, 4) is 5.75 Å². The molecule has 6 heteroatoms. The van der Waals surface area contributed by atoms with Crippen LogP contribution < -0.4 is 10.1 Å². The van der Waals surface area contributed by atoms with Crippen molar-refractivity contribution in [2.75, 3.05) is 0 Å². The van der Waals surface area contributed by atoms with E-state index in [1.807, 2.05) is 0 Å². The van der Waals surface area contributed by atoms with E-state index in [1.54, 1.807) is 6.07 Å². The minimum absolute atomic E-state index is 0.0439. The summed E-state index contributed by atoms with van der Waals surface area (Å²) < 4.78 is 28.6. The van der Waals surface area contributed by atoms with Gasteiger partial charge in [-0.1, -0.05) is 12.1 Å². The first-order valence-electron chi connectivity index (χ1n) is 5.98. The highest BCUT2D eigenvalue weighted by atomic mass is 19.3. The molecule has 0 heterocycles. The molecule has 19 heavy (non-hydrogen) atoms. The molecule has 0 radical (unpaired) electrons. The van der Waals surface area contributed by atoms with Crippen LogP contribution in [0.4, 0.5) is 8.78 Å². The highest BCUT2D eigenvalue weighted by Gasteiger charge is 2.40. The van der Waals surface area contributed by atoms with Crippen molar-refractivity contribution in [2.24, 2.45) is 0 Å². The number of carboxylic acid groups (broad SMARTS) is 1. The first-order valence-corrected chi connectivity index (χ1v) is 5.98. The van der Waals surface area contributed by atoms with Gasteiger partial charge in [0.1, 0.15) is 11.3 Å². The average molecular weight is 271 g/mol. The molecule has 1 unspecified atom stereocenters. The minimum Gasteiger partial charge on any atom is -0.480 e. The molecule has 0 amide bonds. The number of aliphatic carboxylic acids is 1. The second-order valence-electron chi connectivity index (χ2n) is 4.76. The summed E-state index contributed by atoms with van der Waals surface area (Å²) in [5.74, 6) is -1.09. The molecule has 1 saturated carbocycles. The zero-order valence-electron chi connectivity index (χ0n) is 10.4. The van der Waals surface area contributed by atoms with Gasteiger partial charge in [-0.2, -0.15) is 8.78 Å². The van der Waals surface area contributed by atoms with Crippen molar-refractivity contribution in [2.45, 2.75) is 38.0 Å². The van der Waals surface area contributed by atoms with E-state index in [9.17, 15) is 18.7 Å². The largest absolute Gasteiger partial charge is 0.480 e. The van der Waals surface area contributed by atoms with E-state index in [0.717, 1.165) is 12.8 Å². The maximum absolute atomic E-state index is 12.2. The van der Waals surface area contributed by atoms with Crippen LogP contribution in [-0.2, 0) is 10.3 Å². The topological polar surface area (TPSA) is 58.6 Å². The Labute approximate surface area is 109 Å². The van der Waals surface area contributed by atoms with Gasteiger partial charge in [0, 0.05) is 6.04 Å². The minimum atomic E-state index is -2.93. The fourth-order valence-electron chi connectivity index (χ4n) is 1.89. The molecular formula is C13H15F2NO3. The molecule has 0 aromatic heterocycles. The van der Waals surface area contributed by atoms with E-state index in [2.05, 4.69) is 10.1 Å². The molecule has 2 rings (SSSR count). The molecule has 4 nitrogen and oxygen atoms in total. The van der Waals surface area contributed by atoms with Gasteiger partial charge in [0.2, 0.25) is 0 Å². The number of halogens is 2. The van der Waals surface area contributed by atoms with E-state index >= 15 is 0 Å². The Bertz CT molecular complexity index is 477. The van der Waals surface area contributed by atoms with Crippen molar-refractivity contribution < 1.29 is 23.4 Å². The van der Waals surface area contributed by atoms with Gasteiger partial charge >= 0.3 is 12.6 Å². The van der Waals surface area contributed by atoms with Crippen molar-refractivity contribution in [3.05, 3.63) is 29.8 Å². The summed E-state index contributed by atoms with van der Waals surface area (Å²) >= 11 is 0. The summed E-state index contributed by atoms with van der Waals surface area (Å²) in [7, 11) is 0. The fourth-order valence-corrected chi connectivity index (χ4v) is 1.89. The molecule has 1 aromatic rings. The van der Waals surface area contributed by atoms with Crippen molar-refractivity contribution in [3.63, 3.8) is 0 Å². The number of alkyl halides is 2. The van der Waals surface area contributed by atoms with Crippen LogP contribution in [0.15, 0.2) is 24.3 Å². The van der Waals surface area contributed by atoms with Gasteiger partial charge in [0.25, 0.3) is 0 Å². The molecule has 1 aliphatic carbocycles. The third kappa shape index (κ3) is 3.20. The molecule has 0 aliphatic heterocycles. The Kier molecular flexibility index (Phi) is 3.71. The van der Waals surface area contributed by atoms with Gasteiger partial charge in [-0.25, -0.2) is 4.79 Å². The number of ether oxygens (including phenoxy) is 1. The Hall–Kier alpha value is -1.69. The van der Waals surface area contributed by atoms with E-state index in [-0.39, 0.29) is 11.8 Å². The normalized spacial score (nSPS) is 18.1. The van der Waals surface area contributed by atoms with Crippen molar-refractivity contribution in [1.82, 2.24) is 5.32 Å². The summed E-state index contributed by atoms with van der Waals surface area (Å²) in [4.78, 5) is 11.5. The predicted octanol–water partition coefficient (Wildman–Crippen LogP) is 2.34. The van der Waals surface area contributed by atoms with Crippen LogP contribution in [0.1, 0.15) is 25.3 Å². The van der Waals surface area contributed by atoms with Crippen LogP contribution in [0, 0.1) is 0 Å². The Morgan fingerprint density at radius 1 is 1.53 bits per heavy atom. The number of benzene rings is 1. The molecule has 0 saturated heterocycles. The summed E-state index contributed by atoms with van der Waals surface area (Å²) in [6.07, 6.45) is 1.85. The summed E-state index contributed by atoms with van der Waals surface area (Å²) in [6, 6.07) is 5.95. The number of nitrogens with one attached hydrogen (secondary N) is 1. The van der Waals surface area contributed by atoms with Crippen LogP contribution in [0.3, 0.4) is 0 Å². The average Bonchev–Trinajstić information content (AvgIpc) is 3.12. The summed E-state index contributed by atoms with van der Waals surface area (Å²) in [5.41, 5.74) is -0.909. The molecule has 0 spiro atoms. The standard InChI is InChI=1S/C13H15F2NO3/c1-13(11(17)18,16-9-5-6-9)8-3-2-4-10(7-8)19-12(14)15/h2-4,7,9,12,16H,5-6H2,1H3,(H,17,18). The third-order valence-electron chi connectivity index (χ3n) is 3.13. The highest BCUT2D eigenvalue weighted by molar-refractivity contribution is 5.80.